The molecule has 0 aromatic heterocycles. The summed E-state index contributed by atoms with van der Waals surface area (Å²) in [6, 6.07) is 3.22. The molecule has 1 fully saturated rings. The second-order valence-electron chi connectivity index (χ2n) is 4.32. The first-order chi connectivity index (χ1) is 8.79. The van der Waals surface area contributed by atoms with Gasteiger partial charge in [-0.15, -0.1) is 0 Å². The Morgan fingerprint density at radius 3 is 2.63 bits per heavy atom. The lowest BCUT2D eigenvalue weighted by molar-refractivity contribution is -0.140. The highest BCUT2D eigenvalue weighted by molar-refractivity contribution is 5.89. The highest BCUT2D eigenvalue weighted by atomic mass is 19.4. The van der Waals surface area contributed by atoms with Crippen molar-refractivity contribution in [1.29, 1.82) is 0 Å². The molecule has 4 nitrogen and oxygen atoms in total. The van der Waals surface area contributed by atoms with E-state index in [1.54, 1.807) is 0 Å². The van der Waals surface area contributed by atoms with E-state index in [1.165, 1.54) is 12.1 Å². The van der Waals surface area contributed by atoms with Crippen LogP contribution in [-0.2, 0) is 15.8 Å². The SMILES string of the molecule is O=C1CC(c2cccc(C(F)(F)F)c2)C(C(=O)O)N1. The molecule has 1 amide bonds. The number of alkyl halides is 3. The number of halogens is 3. The summed E-state index contributed by atoms with van der Waals surface area (Å²) < 4.78 is 37.8. The van der Waals surface area contributed by atoms with E-state index in [9.17, 15) is 22.8 Å². The molecule has 1 aromatic rings. The van der Waals surface area contributed by atoms with Gasteiger partial charge in [-0.3, -0.25) is 4.79 Å². The molecule has 1 aliphatic heterocycles. The van der Waals surface area contributed by atoms with Crippen LogP contribution < -0.4 is 5.32 Å². The zero-order chi connectivity index (χ0) is 14.2. The quantitative estimate of drug-likeness (QED) is 0.862. The Hall–Kier alpha value is -2.05. The van der Waals surface area contributed by atoms with Gasteiger partial charge in [0.1, 0.15) is 6.04 Å². The molecule has 2 atom stereocenters. The smallest absolute Gasteiger partial charge is 0.416 e. The number of benzene rings is 1. The predicted molar refractivity (Wildman–Crippen MR) is 58.4 cm³/mol. The lowest BCUT2D eigenvalue weighted by Gasteiger charge is -2.16. The van der Waals surface area contributed by atoms with Crippen molar-refractivity contribution < 1.29 is 27.9 Å². The summed E-state index contributed by atoms with van der Waals surface area (Å²) in [7, 11) is 0. The van der Waals surface area contributed by atoms with Gasteiger partial charge < -0.3 is 10.4 Å². The molecular formula is C12H10F3NO3. The molecule has 7 heteroatoms. The van der Waals surface area contributed by atoms with E-state index < -0.39 is 35.6 Å². The first kappa shape index (κ1) is 13.4. The van der Waals surface area contributed by atoms with Crippen LogP contribution in [0.5, 0.6) is 0 Å². The maximum Gasteiger partial charge on any atom is 0.416 e. The van der Waals surface area contributed by atoms with Crippen LogP contribution in [-0.4, -0.2) is 23.0 Å². The second kappa shape index (κ2) is 4.56. The third-order valence-electron chi connectivity index (χ3n) is 3.03. The summed E-state index contributed by atoms with van der Waals surface area (Å²) in [5, 5.41) is 11.2. The fourth-order valence-electron chi connectivity index (χ4n) is 2.14. The Balaban J connectivity index is 2.36. The average molecular weight is 273 g/mol. The number of carbonyl (C=O) groups is 2. The molecule has 0 bridgehead atoms. The summed E-state index contributed by atoms with van der Waals surface area (Å²) in [6.07, 6.45) is -4.62. The number of nitrogens with one attached hydrogen (secondary N) is 1. The Labute approximate surface area is 106 Å². The fourth-order valence-corrected chi connectivity index (χ4v) is 2.14. The van der Waals surface area contributed by atoms with Gasteiger partial charge in [-0.25, -0.2) is 4.79 Å². The van der Waals surface area contributed by atoms with Gasteiger partial charge in [-0.1, -0.05) is 18.2 Å². The molecule has 2 unspecified atom stereocenters. The standard InChI is InChI=1S/C12H10F3NO3/c13-12(14,15)7-3-1-2-6(4-7)8-5-9(17)16-10(8)11(18)19/h1-4,8,10H,5H2,(H,16,17)(H,18,19). The summed E-state index contributed by atoms with van der Waals surface area (Å²) in [5.74, 6) is -2.52. The minimum atomic E-state index is -4.50. The molecule has 0 radical (unpaired) electrons. The minimum absolute atomic E-state index is 0.127. The van der Waals surface area contributed by atoms with Crippen molar-refractivity contribution in [2.75, 3.05) is 0 Å². The molecule has 0 saturated carbocycles. The first-order valence-electron chi connectivity index (χ1n) is 5.48. The molecule has 1 heterocycles. The van der Waals surface area contributed by atoms with E-state index in [-0.39, 0.29) is 12.0 Å². The summed E-state index contributed by atoms with van der Waals surface area (Å²) in [5.41, 5.74) is -0.658. The number of amides is 1. The van der Waals surface area contributed by atoms with E-state index in [0.717, 1.165) is 12.1 Å². The third kappa shape index (κ3) is 2.69. The van der Waals surface area contributed by atoms with Gasteiger partial charge in [0.25, 0.3) is 0 Å². The highest BCUT2D eigenvalue weighted by Gasteiger charge is 2.39. The Kier molecular flexibility index (Phi) is 3.21. The van der Waals surface area contributed by atoms with Crippen molar-refractivity contribution in [2.24, 2.45) is 0 Å². The number of carboxylic acids is 1. The first-order valence-corrected chi connectivity index (χ1v) is 5.48. The van der Waals surface area contributed by atoms with Crippen LogP contribution in [0.2, 0.25) is 0 Å². The molecule has 1 aromatic carbocycles. The number of carboxylic acid groups (broad SMARTS) is 1. The molecular weight excluding hydrogens is 263 g/mol. The summed E-state index contributed by atoms with van der Waals surface area (Å²) in [6.45, 7) is 0. The van der Waals surface area contributed by atoms with Crippen molar-refractivity contribution >= 4 is 11.9 Å². The van der Waals surface area contributed by atoms with Crippen molar-refractivity contribution in [2.45, 2.75) is 24.6 Å². The molecule has 2 rings (SSSR count). The topological polar surface area (TPSA) is 66.4 Å². The lowest BCUT2D eigenvalue weighted by atomic mass is 9.90. The van der Waals surface area contributed by atoms with E-state index >= 15 is 0 Å². The minimum Gasteiger partial charge on any atom is -0.480 e. The molecule has 1 aliphatic rings. The molecule has 0 aliphatic carbocycles. The predicted octanol–water partition coefficient (Wildman–Crippen LogP) is 1.76. The number of aliphatic carboxylic acids is 1. The van der Waals surface area contributed by atoms with E-state index in [0.29, 0.717) is 0 Å². The van der Waals surface area contributed by atoms with Gasteiger partial charge in [0.15, 0.2) is 0 Å². The fraction of sp³-hybridized carbons (Fsp3) is 0.333. The average Bonchev–Trinajstić information content (AvgIpc) is 2.71. The molecule has 0 spiro atoms. The van der Waals surface area contributed by atoms with Crippen LogP contribution in [0, 0.1) is 0 Å². The molecule has 102 valence electrons. The second-order valence-corrected chi connectivity index (χ2v) is 4.32. The van der Waals surface area contributed by atoms with Crippen molar-refractivity contribution in [3.05, 3.63) is 35.4 Å². The molecule has 2 N–H and O–H groups in total. The van der Waals surface area contributed by atoms with Gasteiger partial charge in [0.05, 0.1) is 5.56 Å². The van der Waals surface area contributed by atoms with Gasteiger partial charge >= 0.3 is 12.1 Å². The van der Waals surface area contributed by atoms with Crippen LogP contribution in [0.25, 0.3) is 0 Å². The number of carbonyl (C=O) groups excluding carboxylic acids is 1. The monoisotopic (exact) mass is 273 g/mol. The highest BCUT2D eigenvalue weighted by Crippen LogP contribution is 2.34. The van der Waals surface area contributed by atoms with Crippen LogP contribution in [0.4, 0.5) is 13.2 Å². The molecule has 1 saturated heterocycles. The van der Waals surface area contributed by atoms with E-state index in [4.69, 9.17) is 5.11 Å². The Morgan fingerprint density at radius 1 is 1.37 bits per heavy atom. The van der Waals surface area contributed by atoms with Crippen LogP contribution in [0.1, 0.15) is 23.5 Å². The van der Waals surface area contributed by atoms with Crippen LogP contribution >= 0.6 is 0 Å². The lowest BCUT2D eigenvalue weighted by Crippen LogP contribution is -2.36. The van der Waals surface area contributed by atoms with Gasteiger partial charge in [-0.2, -0.15) is 13.2 Å². The number of hydrogen-bond acceptors (Lipinski definition) is 2. The van der Waals surface area contributed by atoms with E-state index in [1.807, 2.05) is 0 Å². The third-order valence-corrected chi connectivity index (χ3v) is 3.03. The Morgan fingerprint density at radius 2 is 2.05 bits per heavy atom. The number of hydrogen-bond donors (Lipinski definition) is 2. The maximum absolute atomic E-state index is 12.6. The normalized spacial score (nSPS) is 23.2. The number of rotatable bonds is 2. The summed E-state index contributed by atoms with van der Waals surface area (Å²) in [4.78, 5) is 22.2. The van der Waals surface area contributed by atoms with Crippen molar-refractivity contribution in [1.82, 2.24) is 5.32 Å². The Bertz CT molecular complexity index is 527. The van der Waals surface area contributed by atoms with Gasteiger partial charge in [-0.05, 0) is 11.6 Å². The summed E-state index contributed by atoms with van der Waals surface area (Å²) >= 11 is 0. The van der Waals surface area contributed by atoms with Crippen molar-refractivity contribution in [3.8, 4) is 0 Å². The molecule has 19 heavy (non-hydrogen) atoms. The van der Waals surface area contributed by atoms with Gasteiger partial charge in [0.2, 0.25) is 5.91 Å². The zero-order valence-corrected chi connectivity index (χ0v) is 9.57. The van der Waals surface area contributed by atoms with Crippen LogP contribution in [0.15, 0.2) is 24.3 Å². The maximum atomic E-state index is 12.6. The van der Waals surface area contributed by atoms with Crippen molar-refractivity contribution in [3.63, 3.8) is 0 Å². The largest absolute Gasteiger partial charge is 0.480 e. The van der Waals surface area contributed by atoms with Gasteiger partial charge in [0, 0.05) is 12.3 Å². The van der Waals surface area contributed by atoms with E-state index in [2.05, 4.69) is 5.32 Å². The van der Waals surface area contributed by atoms with Crippen LogP contribution in [0.3, 0.4) is 0 Å². The zero-order valence-electron chi connectivity index (χ0n) is 9.57.